The van der Waals surface area contributed by atoms with Gasteiger partial charge in [-0.3, -0.25) is 23.6 Å². The number of carbonyl (C=O) groups excluding carboxylic acids is 2. The van der Waals surface area contributed by atoms with Gasteiger partial charge in [0.15, 0.2) is 9.84 Å². The van der Waals surface area contributed by atoms with Crippen LogP contribution in [0.1, 0.15) is 40.1 Å². The van der Waals surface area contributed by atoms with Crippen molar-refractivity contribution in [2.75, 3.05) is 57.0 Å². The minimum absolute atomic E-state index is 0.0282. The van der Waals surface area contributed by atoms with Crippen LogP contribution in [0.2, 0.25) is 0 Å². The molecule has 41 heavy (non-hydrogen) atoms. The van der Waals surface area contributed by atoms with E-state index in [1.165, 1.54) is 31.4 Å². The summed E-state index contributed by atoms with van der Waals surface area (Å²) >= 11 is 0. The Hall–Kier alpha value is -2.90. The fourth-order valence-electron chi connectivity index (χ4n) is 5.94. The van der Waals surface area contributed by atoms with Gasteiger partial charge in [-0.2, -0.15) is 10.6 Å². The lowest BCUT2D eigenvalue weighted by atomic mass is 9.91. The molecular formula is C29H36N4O6S2. The van der Waals surface area contributed by atoms with Gasteiger partial charge in [-0.05, 0) is 61.4 Å². The Balaban J connectivity index is 1.33. The summed E-state index contributed by atoms with van der Waals surface area (Å²) in [7, 11) is -6.07. The zero-order valence-corrected chi connectivity index (χ0v) is 24.7. The van der Waals surface area contributed by atoms with Crippen LogP contribution in [-0.2, 0) is 9.84 Å². The third-order valence-electron chi connectivity index (χ3n) is 8.65. The number of sulfone groups is 1. The third-order valence-corrected chi connectivity index (χ3v) is 11.4. The molecule has 3 fully saturated rings. The van der Waals surface area contributed by atoms with Crippen molar-refractivity contribution in [1.29, 1.82) is 0 Å². The molecule has 2 aromatic carbocycles. The molecule has 220 valence electrons. The number of carbonyl (C=O) groups is 2. The largest absolute Gasteiger partial charge is 0.336 e. The van der Waals surface area contributed by atoms with E-state index in [1.54, 1.807) is 33.7 Å². The Labute approximate surface area is 241 Å². The average molecular weight is 601 g/mol. The summed E-state index contributed by atoms with van der Waals surface area (Å²) in [5, 5.41) is 0.723. The monoisotopic (exact) mass is 600 g/mol. The number of rotatable bonds is 5. The smallest absolute Gasteiger partial charge is 0.270 e. The molecule has 0 bridgehead atoms. The maximum Gasteiger partial charge on any atom is 0.270 e. The molecule has 12 heteroatoms. The van der Waals surface area contributed by atoms with E-state index in [9.17, 15) is 27.1 Å². The van der Waals surface area contributed by atoms with Crippen molar-refractivity contribution in [1.82, 2.24) is 19.3 Å². The standard InChI is InChI=1S/C29H36N4O6S2/c1-40(36,37)25-8-6-24(7-9-25)33-26-10-5-21(28(34)31-13-11-30(12-14-31)23-3-2-4-23)19-22(26)20-27(33)29(35)32-15-17-41(38,39)18-16-32/h5-10,19-20,23,38-39H,2-4,11-18H2,1H3. The van der Waals surface area contributed by atoms with Gasteiger partial charge in [-0.15, -0.1) is 0 Å². The second-order valence-electron chi connectivity index (χ2n) is 11.3. The first-order valence-corrected chi connectivity index (χ1v) is 17.8. The quantitative estimate of drug-likeness (QED) is 0.459. The SMILES string of the molecule is CS(=O)(=O)c1ccc(-n2c(C(=O)N3CCS(O)(O)CC3)cc3cc(C(=O)N4CCN(C5CCC5)CC4)ccc32)cc1. The maximum atomic E-state index is 13.8. The van der Waals surface area contributed by atoms with Gasteiger partial charge >= 0.3 is 0 Å². The van der Waals surface area contributed by atoms with Gasteiger partial charge in [-0.25, -0.2) is 8.42 Å². The minimum Gasteiger partial charge on any atom is -0.336 e. The number of benzene rings is 2. The highest BCUT2D eigenvalue weighted by atomic mass is 32.3. The predicted octanol–water partition coefficient (Wildman–Crippen LogP) is 3.55. The molecule has 0 spiro atoms. The lowest BCUT2D eigenvalue weighted by Gasteiger charge is -2.42. The molecular weight excluding hydrogens is 564 g/mol. The number of fused-ring (bicyclic) bond motifs is 1. The second-order valence-corrected chi connectivity index (χ2v) is 15.8. The molecule has 1 saturated carbocycles. The summed E-state index contributed by atoms with van der Waals surface area (Å²) in [6.07, 6.45) is 4.94. The minimum atomic E-state index is -3.39. The number of amides is 2. The number of hydrogen-bond donors (Lipinski definition) is 2. The van der Waals surface area contributed by atoms with Crippen molar-refractivity contribution in [3.63, 3.8) is 0 Å². The summed E-state index contributed by atoms with van der Waals surface area (Å²) < 4.78 is 45.9. The Kier molecular flexibility index (Phi) is 7.39. The van der Waals surface area contributed by atoms with E-state index in [0.717, 1.165) is 24.7 Å². The van der Waals surface area contributed by atoms with Crippen molar-refractivity contribution in [3.8, 4) is 5.69 Å². The van der Waals surface area contributed by atoms with Crippen molar-refractivity contribution in [2.45, 2.75) is 30.2 Å². The summed E-state index contributed by atoms with van der Waals surface area (Å²) in [5.74, 6) is -0.0218. The van der Waals surface area contributed by atoms with Crippen molar-refractivity contribution < 1.29 is 27.1 Å². The Morgan fingerprint density at radius 1 is 0.829 bits per heavy atom. The van der Waals surface area contributed by atoms with Crippen molar-refractivity contribution in [2.24, 2.45) is 0 Å². The fraction of sp³-hybridized carbons (Fsp3) is 0.448. The highest BCUT2D eigenvalue weighted by Crippen LogP contribution is 2.40. The summed E-state index contributed by atoms with van der Waals surface area (Å²) in [4.78, 5) is 33.4. The van der Waals surface area contributed by atoms with Gasteiger partial charge in [0.05, 0.1) is 21.9 Å². The number of aromatic nitrogens is 1. The zero-order valence-electron chi connectivity index (χ0n) is 23.1. The van der Waals surface area contributed by atoms with Crippen molar-refractivity contribution >= 4 is 43.1 Å². The lowest BCUT2D eigenvalue weighted by molar-refractivity contribution is 0.0455. The normalized spacial score (nSPS) is 21.0. The topological polar surface area (TPSA) is 123 Å². The summed E-state index contributed by atoms with van der Waals surface area (Å²) in [6, 6.07) is 14.2. The number of nitrogens with zero attached hydrogens (tertiary/aromatic N) is 4. The molecule has 0 unspecified atom stereocenters. The highest BCUT2D eigenvalue weighted by Gasteiger charge is 2.31. The average Bonchev–Trinajstić information content (AvgIpc) is 3.30. The van der Waals surface area contributed by atoms with Crippen LogP contribution in [0.5, 0.6) is 0 Å². The molecule has 2 aliphatic heterocycles. The van der Waals surface area contributed by atoms with E-state index in [2.05, 4.69) is 4.90 Å². The predicted molar refractivity (Wildman–Crippen MR) is 160 cm³/mol. The molecule has 2 saturated heterocycles. The van der Waals surface area contributed by atoms with Crippen LogP contribution < -0.4 is 0 Å². The van der Waals surface area contributed by atoms with E-state index < -0.39 is 20.4 Å². The molecule has 1 aliphatic carbocycles. The molecule has 10 nitrogen and oxygen atoms in total. The number of piperazine rings is 1. The fourth-order valence-corrected chi connectivity index (χ4v) is 7.80. The third kappa shape index (κ3) is 5.63. The van der Waals surface area contributed by atoms with Gasteiger partial charge in [0.1, 0.15) is 5.69 Å². The van der Waals surface area contributed by atoms with Crippen molar-refractivity contribution in [3.05, 3.63) is 59.8 Å². The van der Waals surface area contributed by atoms with Crippen LogP contribution in [0.15, 0.2) is 53.4 Å². The molecule has 3 aliphatic rings. The number of hydrogen-bond acceptors (Lipinski definition) is 7. The highest BCUT2D eigenvalue weighted by molar-refractivity contribution is 8.24. The Bertz CT molecular complexity index is 1580. The first-order chi connectivity index (χ1) is 19.5. The van der Waals surface area contributed by atoms with Gasteiger partial charge in [0, 0.05) is 68.2 Å². The zero-order chi connectivity index (χ0) is 28.9. The summed E-state index contributed by atoms with van der Waals surface area (Å²) in [6.45, 7) is 3.62. The molecule has 3 heterocycles. The molecule has 0 atom stereocenters. The van der Waals surface area contributed by atoms with E-state index in [1.807, 2.05) is 17.0 Å². The molecule has 0 radical (unpaired) electrons. The van der Waals surface area contributed by atoms with E-state index >= 15 is 0 Å². The van der Waals surface area contributed by atoms with Crippen LogP contribution in [0, 0.1) is 0 Å². The Morgan fingerprint density at radius 3 is 2.05 bits per heavy atom. The van der Waals surface area contributed by atoms with Crippen LogP contribution in [0.3, 0.4) is 0 Å². The first-order valence-electron chi connectivity index (χ1n) is 14.0. The van der Waals surface area contributed by atoms with E-state index in [0.29, 0.717) is 41.6 Å². The van der Waals surface area contributed by atoms with E-state index in [-0.39, 0.29) is 41.3 Å². The second kappa shape index (κ2) is 10.7. The Morgan fingerprint density at radius 2 is 1.46 bits per heavy atom. The van der Waals surface area contributed by atoms with Crippen LogP contribution >= 0.6 is 10.6 Å². The molecule has 2 amide bonds. The van der Waals surface area contributed by atoms with Crippen LogP contribution in [-0.4, -0.2) is 112 Å². The lowest BCUT2D eigenvalue weighted by Crippen LogP contribution is -2.53. The van der Waals surface area contributed by atoms with E-state index in [4.69, 9.17) is 0 Å². The van der Waals surface area contributed by atoms with Gasteiger partial charge in [-0.1, -0.05) is 6.42 Å². The van der Waals surface area contributed by atoms with Gasteiger partial charge in [0.2, 0.25) is 0 Å². The molecule has 3 aromatic rings. The summed E-state index contributed by atoms with van der Waals surface area (Å²) in [5.41, 5.74) is 2.26. The maximum absolute atomic E-state index is 13.8. The molecule has 2 N–H and O–H groups in total. The first kappa shape index (κ1) is 28.2. The van der Waals surface area contributed by atoms with Crippen LogP contribution in [0.25, 0.3) is 16.6 Å². The van der Waals surface area contributed by atoms with Gasteiger partial charge < -0.3 is 14.4 Å². The van der Waals surface area contributed by atoms with Gasteiger partial charge in [0.25, 0.3) is 11.8 Å². The van der Waals surface area contributed by atoms with Crippen LogP contribution in [0.4, 0.5) is 0 Å². The molecule has 6 rings (SSSR count). The molecule has 1 aromatic heterocycles.